The summed E-state index contributed by atoms with van der Waals surface area (Å²) >= 11 is 0. The van der Waals surface area contributed by atoms with Gasteiger partial charge in [0.25, 0.3) is 5.91 Å². The number of rotatable bonds is 2. The Morgan fingerprint density at radius 1 is 1.56 bits per heavy atom. The van der Waals surface area contributed by atoms with Gasteiger partial charge in [-0.05, 0) is 13.8 Å². The predicted octanol–water partition coefficient (Wildman–Crippen LogP) is 0.663. The first-order valence-electron chi connectivity index (χ1n) is 5.40. The molecule has 2 heterocycles. The molecule has 0 bridgehead atoms. The fraction of sp³-hybridized carbons (Fsp3) is 0.636. The number of hydrogen-bond acceptors (Lipinski definition) is 3. The summed E-state index contributed by atoms with van der Waals surface area (Å²) in [5.74, 6) is -0.160. The highest BCUT2D eigenvalue weighted by Gasteiger charge is 2.53. The van der Waals surface area contributed by atoms with Crippen LogP contribution in [0.15, 0.2) is 11.6 Å². The van der Waals surface area contributed by atoms with Crippen LogP contribution in [0.3, 0.4) is 0 Å². The minimum Gasteiger partial charge on any atom is -0.378 e. The number of amides is 3. The Morgan fingerprint density at radius 3 is 2.88 bits per heavy atom. The third kappa shape index (κ3) is 1.71. The number of nitrogens with one attached hydrogen (secondary N) is 1. The van der Waals surface area contributed by atoms with Crippen molar-refractivity contribution in [3.05, 3.63) is 11.6 Å². The van der Waals surface area contributed by atoms with Gasteiger partial charge in [-0.15, -0.1) is 0 Å². The standard InChI is InChI=1S/C11H16N2O3/c1-8(2)3-5-13-9(14)11(12-10(13)15)4-6-16-7-11/h3H,4-7H2,1-2H3,(H,12,15). The second-order valence-corrected chi connectivity index (χ2v) is 4.51. The molecule has 5 nitrogen and oxygen atoms in total. The van der Waals surface area contributed by atoms with Gasteiger partial charge in [0.15, 0.2) is 0 Å². The highest BCUT2D eigenvalue weighted by molar-refractivity contribution is 6.07. The molecule has 0 saturated carbocycles. The van der Waals surface area contributed by atoms with Crippen molar-refractivity contribution in [2.45, 2.75) is 25.8 Å². The molecule has 2 fully saturated rings. The first-order valence-corrected chi connectivity index (χ1v) is 5.40. The van der Waals surface area contributed by atoms with Gasteiger partial charge in [0.1, 0.15) is 5.54 Å². The largest absolute Gasteiger partial charge is 0.378 e. The van der Waals surface area contributed by atoms with Crippen LogP contribution < -0.4 is 5.32 Å². The Morgan fingerprint density at radius 2 is 2.31 bits per heavy atom. The van der Waals surface area contributed by atoms with Gasteiger partial charge in [0.2, 0.25) is 0 Å². The molecule has 1 spiro atoms. The van der Waals surface area contributed by atoms with Gasteiger partial charge in [0.05, 0.1) is 6.61 Å². The molecule has 1 unspecified atom stereocenters. The number of allylic oxidation sites excluding steroid dienone is 1. The SMILES string of the molecule is CC(C)=CCN1C(=O)NC2(CCOC2)C1=O. The maximum atomic E-state index is 12.1. The van der Waals surface area contributed by atoms with Gasteiger partial charge in [-0.1, -0.05) is 11.6 Å². The monoisotopic (exact) mass is 224 g/mol. The van der Waals surface area contributed by atoms with Crippen molar-refractivity contribution < 1.29 is 14.3 Å². The smallest absolute Gasteiger partial charge is 0.325 e. The Bertz CT molecular complexity index is 352. The molecule has 0 aromatic heterocycles. The lowest BCUT2D eigenvalue weighted by molar-refractivity contribution is -0.130. The number of carbonyl (C=O) groups excluding carboxylic acids is 2. The quantitative estimate of drug-likeness (QED) is 0.554. The fourth-order valence-electron chi connectivity index (χ4n) is 1.95. The summed E-state index contributed by atoms with van der Waals surface area (Å²) in [4.78, 5) is 25.0. The van der Waals surface area contributed by atoms with E-state index in [9.17, 15) is 9.59 Å². The first-order chi connectivity index (χ1) is 7.55. The average molecular weight is 224 g/mol. The molecule has 0 aromatic rings. The van der Waals surface area contributed by atoms with Gasteiger partial charge >= 0.3 is 6.03 Å². The summed E-state index contributed by atoms with van der Waals surface area (Å²) in [7, 11) is 0. The predicted molar refractivity (Wildman–Crippen MR) is 57.8 cm³/mol. The molecule has 0 radical (unpaired) electrons. The zero-order chi connectivity index (χ0) is 11.8. The molecule has 5 heteroatoms. The molecule has 1 N–H and O–H groups in total. The number of ether oxygens (including phenoxy) is 1. The summed E-state index contributed by atoms with van der Waals surface area (Å²) in [6.45, 7) is 5.04. The van der Waals surface area contributed by atoms with Crippen LogP contribution in [0.1, 0.15) is 20.3 Å². The van der Waals surface area contributed by atoms with Gasteiger partial charge in [-0.25, -0.2) is 4.79 Å². The zero-order valence-electron chi connectivity index (χ0n) is 9.58. The topological polar surface area (TPSA) is 58.6 Å². The van der Waals surface area contributed by atoms with Crippen LogP contribution >= 0.6 is 0 Å². The lowest BCUT2D eigenvalue weighted by Crippen LogP contribution is -2.47. The number of urea groups is 1. The Hall–Kier alpha value is -1.36. The van der Waals surface area contributed by atoms with E-state index in [1.165, 1.54) is 4.90 Å². The summed E-state index contributed by atoms with van der Waals surface area (Å²) in [5.41, 5.74) is 0.302. The second kappa shape index (κ2) is 3.90. The number of imide groups is 1. The van der Waals surface area contributed by atoms with Crippen LogP contribution in [0.2, 0.25) is 0 Å². The van der Waals surface area contributed by atoms with Crippen LogP contribution in [0.4, 0.5) is 4.79 Å². The molecule has 0 aliphatic carbocycles. The zero-order valence-corrected chi connectivity index (χ0v) is 9.58. The van der Waals surface area contributed by atoms with E-state index in [-0.39, 0.29) is 11.9 Å². The number of nitrogens with zero attached hydrogens (tertiary/aromatic N) is 1. The molecule has 3 amide bonds. The van der Waals surface area contributed by atoms with E-state index in [4.69, 9.17) is 4.74 Å². The Kier molecular flexibility index (Phi) is 2.71. The van der Waals surface area contributed by atoms with Crippen molar-refractivity contribution in [3.8, 4) is 0 Å². The summed E-state index contributed by atoms with van der Waals surface area (Å²) in [5, 5.41) is 2.74. The van der Waals surface area contributed by atoms with Crippen molar-refractivity contribution in [3.63, 3.8) is 0 Å². The fourth-order valence-corrected chi connectivity index (χ4v) is 1.95. The molecule has 2 aliphatic rings. The van der Waals surface area contributed by atoms with Crippen LogP contribution in [0.5, 0.6) is 0 Å². The second-order valence-electron chi connectivity index (χ2n) is 4.51. The van der Waals surface area contributed by atoms with Crippen LogP contribution in [-0.2, 0) is 9.53 Å². The van der Waals surface area contributed by atoms with E-state index in [2.05, 4.69) is 5.32 Å². The molecule has 2 aliphatic heterocycles. The molecule has 16 heavy (non-hydrogen) atoms. The molecule has 0 aromatic carbocycles. The number of carbonyl (C=O) groups is 2. The van der Waals surface area contributed by atoms with Crippen molar-refractivity contribution in [2.24, 2.45) is 0 Å². The highest BCUT2D eigenvalue weighted by atomic mass is 16.5. The van der Waals surface area contributed by atoms with Gasteiger partial charge in [-0.3, -0.25) is 9.69 Å². The third-order valence-electron chi connectivity index (χ3n) is 2.95. The minimum absolute atomic E-state index is 0.160. The summed E-state index contributed by atoms with van der Waals surface area (Å²) < 4.78 is 5.20. The van der Waals surface area contributed by atoms with E-state index in [1.54, 1.807) is 0 Å². The minimum atomic E-state index is -0.785. The van der Waals surface area contributed by atoms with Gasteiger partial charge in [-0.2, -0.15) is 0 Å². The lowest BCUT2D eigenvalue weighted by atomic mass is 9.99. The summed E-state index contributed by atoms with van der Waals surface area (Å²) in [6, 6.07) is -0.312. The highest BCUT2D eigenvalue weighted by Crippen LogP contribution is 2.26. The van der Waals surface area contributed by atoms with Gasteiger partial charge < -0.3 is 10.1 Å². The Balaban J connectivity index is 2.13. The van der Waals surface area contributed by atoms with E-state index in [1.807, 2.05) is 19.9 Å². The van der Waals surface area contributed by atoms with Crippen molar-refractivity contribution >= 4 is 11.9 Å². The lowest BCUT2D eigenvalue weighted by Gasteiger charge is -2.17. The average Bonchev–Trinajstić information content (AvgIpc) is 2.74. The van der Waals surface area contributed by atoms with Crippen LogP contribution in [0, 0.1) is 0 Å². The van der Waals surface area contributed by atoms with E-state index in [0.29, 0.717) is 26.2 Å². The van der Waals surface area contributed by atoms with Crippen molar-refractivity contribution in [1.82, 2.24) is 10.2 Å². The number of hydrogen-bond donors (Lipinski definition) is 1. The van der Waals surface area contributed by atoms with Crippen LogP contribution in [-0.4, -0.2) is 42.1 Å². The van der Waals surface area contributed by atoms with Gasteiger partial charge in [0, 0.05) is 19.6 Å². The molecule has 2 rings (SSSR count). The molecule has 88 valence electrons. The molecular weight excluding hydrogens is 208 g/mol. The molecule has 2 saturated heterocycles. The van der Waals surface area contributed by atoms with E-state index >= 15 is 0 Å². The van der Waals surface area contributed by atoms with E-state index < -0.39 is 5.54 Å². The Labute approximate surface area is 94.4 Å². The normalized spacial score (nSPS) is 28.8. The third-order valence-corrected chi connectivity index (χ3v) is 2.95. The van der Waals surface area contributed by atoms with Crippen LogP contribution in [0.25, 0.3) is 0 Å². The van der Waals surface area contributed by atoms with E-state index in [0.717, 1.165) is 5.57 Å². The summed E-state index contributed by atoms with van der Waals surface area (Å²) in [6.07, 6.45) is 2.44. The maximum Gasteiger partial charge on any atom is 0.325 e. The first kappa shape index (κ1) is 11.1. The maximum absolute atomic E-state index is 12.1. The molecular formula is C11H16N2O3. The van der Waals surface area contributed by atoms with Crippen molar-refractivity contribution in [2.75, 3.05) is 19.8 Å². The van der Waals surface area contributed by atoms with Crippen molar-refractivity contribution in [1.29, 1.82) is 0 Å². The molecule has 1 atom stereocenters.